The Hall–Kier alpha value is -0.410. The van der Waals surface area contributed by atoms with Gasteiger partial charge in [-0.3, -0.25) is 0 Å². The molecule has 1 heterocycles. The maximum absolute atomic E-state index is 4.73. The van der Waals surface area contributed by atoms with E-state index < -0.39 is 0 Å². The van der Waals surface area contributed by atoms with Gasteiger partial charge in [-0.15, -0.1) is 11.3 Å². The minimum Gasteiger partial charge on any atom is -0.306 e. The highest BCUT2D eigenvalue weighted by Crippen LogP contribution is 2.36. The van der Waals surface area contributed by atoms with Gasteiger partial charge in [0.1, 0.15) is 0 Å². The first-order chi connectivity index (χ1) is 7.79. The Bertz CT molecular complexity index is 403. The van der Waals surface area contributed by atoms with Crippen LogP contribution in [0.4, 0.5) is 0 Å². The Morgan fingerprint density at radius 2 is 2.00 bits per heavy atom. The van der Waals surface area contributed by atoms with E-state index in [0.29, 0.717) is 6.04 Å². The second-order valence-corrected chi connectivity index (χ2v) is 7.46. The van der Waals surface area contributed by atoms with Gasteiger partial charge < -0.3 is 5.32 Å². The highest BCUT2D eigenvalue weighted by Gasteiger charge is 2.34. The van der Waals surface area contributed by atoms with Gasteiger partial charge in [-0.2, -0.15) is 0 Å². The van der Waals surface area contributed by atoms with Gasteiger partial charge in [-0.1, -0.05) is 27.7 Å². The summed E-state index contributed by atoms with van der Waals surface area (Å²) in [5.74, 6) is 0.854. The molecule has 0 saturated heterocycles. The number of rotatable bonds is 3. The van der Waals surface area contributed by atoms with Gasteiger partial charge in [0.15, 0.2) is 0 Å². The van der Waals surface area contributed by atoms with Crippen molar-refractivity contribution in [3.05, 3.63) is 15.6 Å². The molecule has 0 radical (unpaired) electrons. The van der Waals surface area contributed by atoms with Crippen molar-refractivity contribution in [1.82, 2.24) is 10.3 Å². The van der Waals surface area contributed by atoms with Crippen molar-refractivity contribution in [2.24, 2.45) is 5.92 Å². The van der Waals surface area contributed by atoms with Gasteiger partial charge in [-0.25, -0.2) is 4.98 Å². The number of aryl methyl sites for hydroxylation is 1. The Labute approximate surface area is 109 Å². The molecule has 1 aromatic heterocycles. The number of nitrogens with one attached hydrogen (secondary N) is 1. The molecule has 0 amide bonds. The minimum absolute atomic E-state index is 0.167. The molecule has 3 unspecified atom stereocenters. The standard InChI is InChI=1S/C14H24N2S/c1-8-7-11(8)15-9(2)12-10(3)16-13(17-12)14(4,5)6/h8-9,11,15H,7H2,1-6H3. The summed E-state index contributed by atoms with van der Waals surface area (Å²) in [6.45, 7) is 13.4. The topological polar surface area (TPSA) is 24.9 Å². The van der Waals surface area contributed by atoms with Gasteiger partial charge in [-0.05, 0) is 26.2 Å². The van der Waals surface area contributed by atoms with Crippen LogP contribution in [0.3, 0.4) is 0 Å². The van der Waals surface area contributed by atoms with Crippen molar-refractivity contribution in [1.29, 1.82) is 0 Å². The van der Waals surface area contributed by atoms with E-state index in [0.717, 1.165) is 12.0 Å². The molecule has 1 aliphatic rings. The molecule has 2 rings (SSSR count). The van der Waals surface area contributed by atoms with Crippen molar-refractivity contribution in [2.75, 3.05) is 0 Å². The molecule has 2 nitrogen and oxygen atoms in total. The Balaban J connectivity index is 2.12. The molecule has 0 aromatic carbocycles. The molecule has 1 aromatic rings. The fraction of sp³-hybridized carbons (Fsp3) is 0.786. The molecule has 0 aliphatic heterocycles. The number of hydrogen-bond acceptors (Lipinski definition) is 3. The van der Waals surface area contributed by atoms with E-state index >= 15 is 0 Å². The largest absolute Gasteiger partial charge is 0.306 e. The maximum atomic E-state index is 4.73. The van der Waals surface area contributed by atoms with Crippen molar-refractivity contribution < 1.29 is 0 Å². The van der Waals surface area contributed by atoms with Gasteiger partial charge in [0.05, 0.1) is 10.7 Å². The van der Waals surface area contributed by atoms with Gasteiger partial charge >= 0.3 is 0 Å². The number of hydrogen-bond donors (Lipinski definition) is 1. The predicted molar refractivity (Wildman–Crippen MR) is 74.7 cm³/mol. The summed E-state index contributed by atoms with van der Waals surface area (Å²) in [4.78, 5) is 6.14. The lowest BCUT2D eigenvalue weighted by Crippen LogP contribution is -2.21. The van der Waals surface area contributed by atoms with Crippen LogP contribution in [0.1, 0.15) is 62.7 Å². The summed E-state index contributed by atoms with van der Waals surface area (Å²) < 4.78 is 0. The molecule has 0 spiro atoms. The lowest BCUT2D eigenvalue weighted by atomic mass is 9.98. The third-order valence-corrected chi connectivity index (χ3v) is 5.21. The van der Waals surface area contributed by atoms with Crippen LogP contribution in [0.5, 0.6) is 0 Å². The van der Waals surface area contributed by atoms with E-state index in [1.807, 2.05) is 11.3 Å². The molecule has 1 aliphatic carbocycles. The van der Waals surface area contributed by atoms with E-state index in [-0.39, 0.29) is 5.41 Å². The Morgan fingerprint density at radius 3 is 2.41 bits per heavy atom. The van der Waals surface area contributed by atoms with E-state index in [2.05, 4.69) is 46.9 Å². The fourth-order valence-electron chi connectivity index (χ4n) is 2.08. The summed E-state index contributed by atoms with van der Waals surface area (Å²) in [5, 5.41) is 4.95. The Kier molecular flexibility index (Phi) is 3.34. The first-order valence-corrected chi connectivity index (χ1v) is 7.34. The number of aromatic nitrogens is 1. The predicted octanol–water partition coefficient (Wildman–Crippen LogP) is 3.81. The van der Waals surface area contributed by atoms with Crippen molar-refractivity contribution in [3.63, 3.8) is 0 Å². The van der Waals surface area contributed by atoms with Crippen LogP contribution < -0.4 is 5.32 Å². The summed E-state index contributed by atoms with van der Waals surface area (Å²) in [6.07, 6.45) is 1.33. The number of nitrogens with zero attached hydrogens (tertiary/aromatic N) is 1. The zero-order valence-corrected chi connectivity index (χ0v) is 12.6. The van der Waals surface area contributed by atoms with Gasteiger partial charge in [0.25, 0.3) is 0 Å². The second kappa shape index (κ2) is 4.36. The number of thiazole rings is 1. The molecule has 17 heavy (non-hydrogen) atoms. The molecule has 1 saturated carbocycles. The normalized spacial score (nSPS) is 26.0. The van der Waals surface area contributed by atoms with Crippen LogP contribution in [-0.4, -0.2) is 11.0 Å². The van der Waals surface area contributed by atoms with Gasteiger partial charge in [0, 0.05) is 22.4 Å². The molecule has 3 heteroatoms. The molecular formula is C14H24N2S. The fourth-order valence-corrected chi connectivity index (χ4v) is 3.22. The lowest BCUT2D eigenvalue weighted by Gasteiger charge is -2.14. The molecular weight excluding hydrogens is 228 g/mol. The monoisotopic (exact) mass is 252 g/mol. The smallest absolute Gasteiger partial charge is 0.0985 e. The molecule has 96 valence electrons. The third-order valence-electron chi connectivity index (χ3n) is 3.44. The van der Waals surface area contributed by atoms with Crippen LogP contribution in [0.2, 0.25) is 0 Å². The third kappa shape index (κ3) is 2.89. The van der Waals surface area contributed by atoms with Crippen LogP contribution >= 0.6 is 11.3 Å². The van der Waals surface area contributed by atoms with E-state index in [1.54, 1.807) is 0 Å². The summed E-state index contributed by atoms with van der Waals surface area (Å²) >= 11 is 1.87. The van der Waals surface area contributed by atoms with Crippen LogP contribution in [0, 0.1) is 12.8 Å². The lowest BCUT2D eigenvalue weighted by molar-refractivity contribution is 0.556. The highest BCUT2D eigenvalue weighted by atomic mass is 32.1. The molecule has 1 N–H and O–H groups in total. The summed E-state index contributed by atoms with van der Waals surface area (Å²) in [7, 11) is 0. The minimum atomic E-state index is 0.167. The average molecular weight is 252 g/mol. The first kappa shape index (κ1) is 13.0. The zero-order valence-electron chi connectivity index (χ0n) is 11.8. The van der Waals surface area contributed by atoms with Crippen LogP contribution in [0.25, 0.3) is 0 Å². The SMILES string of the molecule is Cc1nc(C(C)(C)C)sc1C(C)NC1CC1C. The molecule has 3 atom stereocenters. The summed E-state index contributed by atoms with van der Waals surface area (Å²) in [6, 6.07) is 1.17. The Morgan fingerprint density at radius 1 is 1.41 bits per heavy atom. The van der Waals surface area contributed by atoms with E-state index in [9.17, 15) is 0 Å². The van der Waals surface area contributed by atoms with E-state index in [4.69, 9.17) is 4.98 Å². The zero-order chi connectivity index (χ0) is 12.8. The van der Waals surface area contributed by atoms with Crippen molar-refractivity contribution in [3.8, 4) is 0 Å². The van der Waals surface area contributed by atoms with Crippen LogP contribution in [-0.2, 0) is 5.41 Å². The van der Waals surface area contributed by atoms with Crippen LogP contribution in [0.15, 0.2) is 0 Å². The molecule has 0 bridgehead atoms. The summed E-state index contributed by atoms with van der Waals surface area (Å²) in [5.41, 5.74) is 1.37. The van der Waals surface area contributed by atoms with Gasteiger partial charge in [0.2, 0.25) is 0 Å². The van der Waals surface area contributed by atoms with Crippen molar-refractivity contribution >= 4 is 11.3 Å². The second-order valence-electron chi connectivity index (χ2n) is 6.43. The first-order valence-electron chi connectivity index (χ1n) is 6.53. The highest BCUT2D eigenvalue weighted by molar-refractivity contribution is 7.12. The molecule has 1 fully saturated rings. The quantitative estimate of drug-likeness (QED) is 0.885. The van der Waals surface area contributed by atoms with E-state index in [1.165, 1.54) is 22.0 Å². The maximum Gasteiger partial charge on any atom is 0.0985 e. The van der Waals surface area contributed by atoms with Crippen molar-refractivity contribution in [2.45, 2.75) is 65.5 Å². The average Bonchev–Trinajstić information content (AvgIpc) is 2.73.